The van der Waals surface area contributed by atoms with Gasteiger partial charge in [0.15, 0.2) is 0 Å². The first kappa shape index (κ1) is 64.7. The fourth-order valence-corrected chi connectivity index (χ4v) is 19.8. The monoisotopic (exact) mass is 1480 g/mol. The summed E-state index contributed by atoms with van der Waals surface area (Å²) in [7, 11) is 0. The van der Waals surface area contributed by atoms with E-state index in [-0.39, 0.29) is 0 Å². The minimum atomic E-state index is 0.839. The highest BCUT2D eigenvalue weighted by atomic mass is 32.1. The van der Waals surface area contributed by atoms with Crippen LogP contribution >= 0.6 is 11.3 Å². The third kappa shape index (κ3) is 10.2. The highest BCUT2D eigenvalue weighted by molar-refractivity contribution is 7.26. The van der Waals surface area contributed by atoms with E-state index in [4.69, 9.17) is 13.8 Å². The fourth-order valence-electron chi connectivity index (χ4n) is 18.6. The summed E-state index contributed by atoms with van der Waals surface area (Å²) in [5.41, 5.74) is 31.0. The zero-order valence-corrected chi connectivity index (χ0v) is 62.8. The lowest BCUT2D eigenvalue weighted by molar-refractivity contribution is 0.668. The van der Waals surface area contributed by atoms with E-state index in [9.17, 15) is 0 Å². The van der Waals surface area contributed by atoms with Crippen LogP contribution in [0.1, 0.15) is 0 Å². The van der Waals surface area contributed by atoms with Crippen LogP contribution in [0.3, 0.4) is 0 Å². The number of furan rings is 2. The Morgan fingerprint density at radius 2 is 0.730 bits per heavy atom. The number of aromatic nitrogens is 3. The topological polar surface area (TPSA) is 55.5 Å². The van der Waals surface area contributed by atoms with Gasteiger partial charge in [0.25, 0.3) is 0 Å². The van der Waals surface area contributed by atoms with Gasteiger partial charge in [-0.15, -0.1) is 11.3 Å². The SMILES string of the molecule is c1ccc(-c2ccc(N(c3ccccc3)c3ccc(-c4ccc5c(c4)c4c(n5-c5ccc6oc7ccccc7c6c5)-c5cccc6cccc-4c56)cc3)cc2)cc1.c1ccc(N(c2ccc(-c3ccc4c(c3)c3c(n4-c4cccc5c4sc4ccccc45)-c4cccc5cccc-3c45)cc2)c2ccc3c(c2)oc2ccccc23)nc1. The quantitative estimate of drug-likeness (QED) is 0.129. The van der Waals surface area contributed by atoms with E-state index in [1.807, 2.05) is 60.0 Å². The van der Waals surface area contributed by atoms with E-state index in [1.54, 1.807) is 0 Å². The average molecular weight is 1480 g/mol. The van der Waals surface area contributed by atoms with Gasteiger partial charge in [0.2, 0.25) is 0 Å². The Bertz CT molecular complexity index is 7880. The van der Waals surface area contributed by atoms with Gasteiger partial charge in [-0.05, 0) is 206 Å². The normalized spacial score (nSPS) is 12.0. The molecule has 17 aromatic carbocycles. The third-order valence-electron chi connectivity index (χ3n) is 23.7. The van der Waals surface area contributed by atoms with Gasteiger partial charge in [-0.3, -0.25) is 4.90 Å². The summed E-state index contributed by atoms with van der Waals surface area (Å²) >= 11 is 1.88. The molecule has 6 heterocycles. The molecule has 8 heteroatoms. The molecule has 2 aliphatic rings. The van der Waals surface area contributed by atoms with E-state index in [0.717, 1.165) is 89.4 Å². The molecule has 23 aromatic rings. The summed E-state index contributed by atoms with van der Waals surface area (Å²) in [5.74, 6) is 0.839. The molecule has 536 valence electrons. The molecule has 115 heavy (non-hydrogen) atoms. The second-order valence-electron chi connectivity index (χ2n) is 30.0. The second kappa shape index (κ2) is 25.7. The van der Waals surface area contributed by atoms with Crippen molar-refractivity contribution in [3.63, 3.8) is 0 Å². The van der Waals surface area contributed by atoms with Crippen molar-refractivity contribution in [2.75, 3.05) is 9.80 Å². The van der Waals surface area contributed by atoms with Crippen LogP contribution in [0.5, 0.6) is 0 Å². The number of pyridine rings is 1. The standard InChI is InChI=1S/C54H34N2O.C53H31N3OS/c1-3-11-35(12-4-1)36-21-26-41(27-22-36)55(40-15-5-2-6-16-40)42-28-23-37(24-29-42)39-25-31-49-48(33-39)53-45-18-9-13-38-14-10-19-46(52(38)45)54(53)56(49)43-30-32-51-47(34-43)44-17-7-8-20-50(44)57-51;1-3-18-46-37(12-1)38-27-26-36(31-47(38)57-46)55(49-20-5-6-29-54-49)35-24-21-32(22-25-35)34-23-28-44-43(30-34)51-41-15-7-10-33-11-8-16-42(50(33)41)52(51)56(44)45-17-9-14-40-39-13-2-4-19-48(39)58-53(40)45/h1-34H;1-31H. The van der Waals surface area contributed by atoms with Gasteiger partial charge in [-0.1, -0.05) is 243 Å². The predicted molar refractivity (Wildman–Crippen MR) is 481 cm³/mol. The first-order valence-corrected chi connectivity index (χ1v) is 39.9. The molecule has 25 rings (SSSR count). The number of benzene rings is 17. The van der Waals surface area contributed by atoms with Crippen LogP contribution in [0.15, 0.2) is 403 Å². The van der Waals surface area contributed by atoms with Gasteiger partial charge >= 0.3 is 0 Å². The predicted octanol–water partition coefficient (Wildman–Crippen LogP) is 30.4. The Morgan fingerprint density at radius 3 is 1.36 bits per heavy atom. The number of hydrogen-bond donors (Lipinski definition) is 0. The number of para-hydroxylation sites is 3. The highest BCUT2D eigenvalue weighted by Gasteiger charge is 2.33. The number of anilines is 6. The second-order valence-corrected chi connectivity index (χ2v) is 31.1. The Hall–Kier alpha value is -15.1. The molecule has 0 aliphatic heterocycles. The number of fused-ring (bicyclic) bond motifs is 19. The van der Waals surface area contributed by atoms with E-state index < -0.39 is 0 Å². The Labute approximate surface area is 665 Å². The molecule has 6 aromatic heterocycles. The molecular formula is C107H65N5O2S. The molecule has 0 saturated heterocycles. The molecular weight excluding hydrogens is 1420 g/mol. The lowest BCUT2D eigenvalue weighted by Crippen LogP contribution is -2.11. The Morgan fingerprint density at radius 1 is 0.270 bits per heavy atom. The molecule has 0 spiro atoms. The van der Waals surface area contributed by atoms with E-state index >= 15 is 0 Å². The Kier molecular flexibility index (Phi) is 14.5. The molecule has 0 atom stereocenters. The number of rotatable bonds is 11. The Balaban J connectivity index is 0.000000133. The molecule has 7 nitrogen and oxygen atoms in total. The van der Waals surface area contributed by atoms with Gasteiger partial charge in [0, 0.05) is 111 Å². The first-order valence-electron chi connectivity index (χ1n) is 39.1. The molecule has 0 bridgehead atoms. The van der Waals surface area contributed by atoms with Gasteiger partial charge < -0.3 is 22.9 Å². The van der Waals surface area contributed by atoms with Crippen LogP contribution in [-0.4, -0.2) is 14.1 Å². The van der Waals surface area contributed by atoms with Crippen molar-refractivity contribution in [2.45, 2.75) is 0 Å². The van der Waals surface area contributed by atoms with Gasteiger partial charge in [-0.25, -0.2) is 4.98 Å². The molecule has 0 saturated carbocycles. The average Bonchev–Trinajstić information content (AvgIpc) is 1.59. The minimum absolute atomic E-state index is 0.839. The summed E-state index contributed by atoms with van der Waals surface area (Å²) in [6.45, 7) is 0. The van der Waals surface area contributed by atoms with Crippen molar-refractivity contribution >= 4 is 153 Å². The van der Waals surface area contributed by atoms with E-state index in [0.29, 0.717) is 0 Å². The largest absolute Gasteiger partial charge is 0.456 e. The lowest BCUT2D eigenvalue weighted by atomic mass is 9.98. The van der Waals surface area contributed by atoms with Crippen LogP contribution in [0.2, 0.25) is 0 Å². The maximum Gasteiger partial charge on any atom is 0.137 e. The zero-order chi connectivity index (χ0) is 75.3. The lowest BCUT2D eigenvalue weighted by Gasteiger charge is -2.26. The summed E-state index contributed by atoms with van der Waals surface area (Å²) in [4.78, 5) is 9.31. The van der Waals surface area contributed by atoms with Crippen molar-refractivity contribution in [3.05, 3.63) is 394 Å². The number of thiophene rings is 1. The van der Waals surface area contributed by atoms with Crippen LogP contribution in [0, 0.1) is 0 Å². The fraction of sp³-hybridized carbons (Fsp3) is 0. The van der Waals surface area contributed by atoms with Crippen molar-refractivity contribution in [2.24, 2.45) is 0 Å². The van der Waals surface area contributed by atoms with Gasteiger partial charge in [-0.2, -0.15) is 0 Å². The summed E-state index contributed by atoms with van der Waals surface area (Å²) in [5, 5.41) is 14.8. The summed E-state index contributed by atoms with van der Waals surface area (Å²) in [6.07, 6.45) is 1.84. The van der Waals surface area contributed by atoms with Crippen LogP contribution in [-0.2, 0) is 0 Å². The van der Waals surface area contributed by atoms with E-state index in [2.05, 4.69) is 365 Å². The first-order chi connectivity index (χ1) is 57.0. The summed E-state index contributed by atoms with van der Waals surface area (Å²) in [6, 6.07) is 140. The maximum absolute atomic E-state index is 6.31. The van der Waals surface area contributed by atoms with Crippen molar-refractivity contribution in [1.29, 1.82) is 0 Å². The van der Waals surface area contributed by atoms with Gasteiger partial charge in [0.05, 0.1) is 38.5 Å². The zero-order valence-electron chi connectivity index (χ0n) is 62.0. The van der Waals surface area contributed by atoms with Crippen LogP contribution in [0.25, 0.3) is 197 Å². The molecule has 0 radical (unpaired) electrons. The molecule has 2 aliphatic carbocycles. The number of nitrogens with zero attached hydrogens (tertiary/aromatic N) is 5. The van der Waals surface area contributed by atoms with Crippen molar-refractivity contribution in [3.8, 4) is 89.5 Å². The molecule has 0 fully saturated rings. The number of hydrogen-bond acceptors (Lipinski definition) is 6. The smallest absolute Gasteiger partial charge is 0.137 e. The maximum atomic E-state index is 6.31. The van der Waals surface area contributed by atoms with Crippen molar-refractivity contribution in [1.82, 2.24) is 14.1 Å². The van der Waals surface area contributed by atoms with Crippen molar-refractivity contribution < 1.29 is 8.83 Å². The van der Waals surface area contributed by atoms with Crippen LogP contribution in [0.4, 0.5) is 34.3 Å². The minimum Gasteiger partial charge on any atom is -0.456 e. The third-order valence-corrected chi connectivity index (χ3v) is 24.9. The molecule has 0 amide bonds. The summed E-state index contributed by atoms with van der Waals surface area (Å²) < 4.78 is 20.2. The molecule has 0 unspecified atom stereocenters. The van der Waals surface area contributed by atoms with E-state index in [1.165, 1.54) is 142 Å². The molecule has 0 N–H and O–H groups in total. The van der Waals surface area contributed by atoms with Gasteiger partial charge in [0.1, 0.15) is 28.1 Å². The highest BCUT2D eigenvalue weighted by Crippen LogP contribution is 2.57. The van der Waals surface area contributed by atoms with Crippen LogP contribution < -0.4 is 9.80 Å².